The first-order valence-electron chi connectivity index (χ1n) is 13.9. The maximum atomic E-state index is 12.6. The van der Waals surface area contributed by atoms with Gasteiger partial charge in [0.1, 0.15) is 17.5 Å². The van der Waals surface area contributed by atoms with E-state index in [0.29, 0.717) is 29.4 Å². The van der Waals surface area contributed by atoms with Crippen LogP contribution in [0.4, 0.5) is 17.2 Å². The van der Waals surface area contributed by atoms with Crippen molar-refractivity contribution >= 4 is 29.0 Å². The Labute approximate surface area is 247 Å². The van der Waals surface area contributed by atoms with E-state index in [9.17, 15) is 14.9 Å². The Morgan fingerprint density at radius 2 is 1.98 bits per heavy atom. The first kappa shape index (κ1) is 27.8. The Kier molecular flexibility index (Phi) is 7.67. The van der Waals surface area contributed by atoms with Gasteiger partial charge in [0.05, 0.1) is 30.7 Å². The van der Waals surface area contributed by atoms with Crippen LogP contribution in [0.5, 0.6) is 5.75 Å². The second kappa shape index (κ2) is 11.9. The van der Waals surface area contributed by atoms with Crippen LogP contribution in [0.2, 0.25) is 0 Å². The number of likely N-dealkylation sites (tertiary alicyclic amines) is 1. The van der Waals surface area contributed by atoms with Crippen molar-refractivity contribution in [1.29, 1.82) is 5.26 Å². The van der Waals surface area contributed by atoms with Gasteiger partial charge < -0.3 is 20.7 Å². The lowest BCUT2D eigenvalue weighted by Crippen LogP contribution is -2.47. The van der Waals surface area contributed by atoms with E-state index in [-0.39, 0.29) is 29.4 Å². The summed E-state index contributed by atoms with van der Waals surface area (Å²) in [6.07, 6.45) is 7.13. The fraction of sp³-hybridized carbons (Fsp3) is 0.300. The molecule has 1 saturated carbocycles. The number of hydrogen-bond donors (Lipinski definition) is 3. The number of aromatic nitrogens is 5. The van der Waals surface area contributed by atoms with Crippen molar-refractivity contribution in [2.45, 2.75) is 25.4 Å². The van der Waals surface area contributed by atoms with Crippen LogP contribution >= 0.6 is 0 Å². The maximum absolute atomic E-state index is 12.6. The molecule has 1 aliphatic carbocycles. The normalized spacial score (nSPS) is 14.8. The smallest absolute Gasteiger partial charge is 0.273 e. The van der Waals surface area contributed by atoms with Crippen molar-refractivity contribution in [3.63, 3.8) is 0 Å². The zero-order chi connectivity index (χ0) is 29.9. The molecule has 1 saturated heterocycles. The summed E-state index contributed by atoms with van der Waals surface area (Å²) in [7, 11) is 3.09. The van der Waals surface area contributed by atoms with Gasteiger partial charge in [-0.3, -0.25) is 19.2 Å². The maximum Gasteiger partial charge on any atom is 0.273 e. The number of amides is 2. The molecule has 0 spiro atoms. The molecule has 0 radical (unpaired) electrons. The Bertz CT molecular complexity index is 1720. The van der Waals surface area contributed by atoms with Crippen LogP contribution in [0.25, 0.3) is 11.1 Å². The number of para-hydroxylation sites is 1. The van der Waals surface area contributed by atoms with Gasteiger partial charge in [0.15, 0.2) is 11.5 Å². The second-order valence-corrected chi connectivity index (χ2v) is 10.5. The lowest BCUT2D eigenvalue weighted by Gasteiger charge is -2.39. The number of methoxy groups -OCH3 is 1. The summed E-state index contributed by atoms with van der Waals surface area (Å²) in [5.41, 5.74) is 4.11. The minimum Gasteiger partial charge on any atom is -0.494 e. The zero-order valence-electron chi connectivity index (χ0n) is 23.7. The molecule has 3 N–H and O–H groups in total. The van der Waals surface area contributed by atoms with Gasteiger partial charge in [-0.15, -0.1) is 10.2 Å². The third kappa shape index (κ3) is 5.86. The number of carbonyl (C=O) groups excluding carboxylic acids is 2. The number of nitrogens with one attached hydrogen (secondary N) is 3. The predicted molar refractivity (Wildman–Crippen MR) is 158 cm³/mol. The second-order valence-electron chi connectivity index (χ2n) is 10.5. The molecular weight excluding hydrogens is 548 g/mol. The Hall–Kier alpha value is -5.35. The number of benzene rings is 1. The number of pyridine rings is 1. The molecule has 0 unspecified atom stereocenters. The van der Waals surface area contributed by atoms with Crippen molar-refractivity contribution < 1.29 is 14.3 Å². The molecule has 4 aromatic rings. The molecule has 2 aliphatic rings. The summed E-state index contributed by atoms with van der Waals surface area (Å²) >= 11 is 0. The molecular formula is C30H30N10O3. The van der Waals surface area contributed by atoms with Crippen molar-refractivity contribution in [3.8, 4) is 22.9 Å². The fourth-order valence-corrected chi connectivity index (χ4v) is 5.06. The summed E-state index contributed by atoms with van der Waals surface area (Å²) in [6, 6.07) is 13.4. The fourth-order valence-electron chi connectivity index (χ4n) is 5.06. The standard InChI is InChI=1S/C30H30N10O3/c1-32-30(42)27-24(11-26(37-38-27)36-29(41)18-8-9-18)35-23-7-3-6-22(28(23)43-2)20-13-34-40(15-20)21-16-39(17-21)14-19-5-4-10-33-25(19)12-31/h3-7,10-11,13,15,18,21H,8-9,14,16-17H2,1-2H3,(H,32,42)(H2,35,36,37,41). The van der Waals surface area contributed by atoms with E-state index in [1.54, 1.807) is 25.6 Å². The molecule has 6 rings (SSSR count). The number of anilines is 3. The van der Waals surface area contributed by atoms with E-state index in [0.717, 1.165) is 42.6 Å². The highest BCUT2D eigenvalue weighted by atomic mass is 16.5. The van der Waals surface area contributed by atoms with Crippen LogP contribution in [0, 0.1) is 17.2 Å². The molecule has 4 heterocycles. The molecule has 43 heavy (non-hydrogen) atoms. The van der Waals surface area contributed by atoms with Gasteiger partial charge in [0.2, 0.25) is 5.91 Å². The minimum atomic E-state index is -0.423. The van der Waals surface area contributed by atoms with E-state index in [1.165, 1.54) is 7.05 Å². The molecule has 218 valence electrons. The van der Waals surface area contributed by atoms with Crippen LogP contribution in [-0.4, -0.2) is 68.9 Å². The van der Waals surface area contributed by atoms with Gasteiger partial charge in [-0.2, -0.15) is 10.4 Å². The summed E-state index contributed by atoms with van der Waals surface area (Å²) in [6.45, 7) is 2.27. The Morgan fingerprint density at radius 1 is 1.14 bits per heavy atom. The highest BCUT2D eigenvalue weighted by Gasteiger charge is 2.31. The SMILES string of the molecule is CNC(=O)c1nnc(NC(=O)C2CC2)cc1Nc1cccc(-c2cnn(C3CN(Cc4cccnc4C#N)C3)c2)c1OC. The lowest BCUT2D eigenvalue weighted by atomic mass is 10.1. The molecule has 2 amide bonds. The molecule has 1 aromatic carbocycles. The quantitative estimate of drug-likeness (QED) is 0.255. The molecule has 2 fully saturated rings. The van der Waals surface area contributed by atoms with Crippen LogP contribution in [0.15, 0.2) is 55.0 Å². The minimum absolute atomic E-state index is 0.00453. The predicted octanol–water partition coefficient (Wildman–Crippen LogP) is 3.12. The Balaban J connectivity index is 1.20. The van der Waals surface area contributed by atoms with Crippen molar-refractivity contribution in [3.05, 3.63) is 71.9 Å². The zero-order valence-corrected chi connectivity index (χ0v) is 23.7. The van der Waals surface area contributed by atoms with Crippen molar-refractivity contribution in [1.82, 2.24) is 35.2 Å². The topological polar surface area (TPSA) is 163 Å². The van der Waals surface area contributed by atoms with Crippen molar-refractivity contribution in [2.24, 2.45) is 5.92 Å². The number of nitrogens with zero attached hydrogens (tertiary/aromatic N) is 7. The third-order valence-corrected chi connectivity index (χ3v) is 7.54. The monoisotopic (exact) mass is 578 g/mol. The molecule has 0 atom stereocenters. The van der Waals surface area contributed by atoms with Gasteiger partial charge in [-0.1, -0.05) is 18.2 Å². The first-order valence-corrected chi connectivity index (χ1v) is 13.9. The number of carbonyl (C=O) groups is 2. The van der Waals surface area contributed by atoms with Gasteiger partial charge in [0.25, 0.3) is 5.91 Å². The van der Waals surface area contributed by atoms with Gasteiger partial charge >= 0.3 is 0 Å². The molecule has 1 aliphatic heterocycles. The Morgan fingerprint density at radius 3 is 2.72 bits per heavy atom. The van der Waals surface area contributed by atoms with E-state index in [1.807, 2.05) is 41.2 Å². The number of rotatable bonds is 10. The molecule has 13 heteroatoms. The molecule has 3 aromatic heterocycles. The largest absolute Gasteiger partial charge is 0.494 e. The van der Waals surface area contributed by atoms with Crippen molar-refractivity contribution in [2.75, 3.05) is 37.9 Å². The van der Waals surface area contributed by atoms with E-state index in [2.05, 4.69) is 47.2 Å². The highest BCUT2D eigenvalue weighted by Crippen LogP contribution is 2.39. The number of ether oxygens (including phenoxy) is 1. The van der Waals surface area contributed by atoms with Gasteiger partial charge in [-0.25, -0.2) is 4.98 Å². The third-order valence-electron chi connectivity index (χ3n) is 7.54. The summed E-state index contributed by atoms with van der Waals surface area (Å²) in [4.78, 5) is 31.3. The molecule has 13 nitrogen and oxygen atoms in total. The van der Waals surface area contributed by atoms with Gasteiger partial charge in [0, 0.05) is 67.8 Å². The number of nitriles is 1. The van der Waals surface area contributed by atoms with Crippen LogP contribution < -0.4 is 20.7 Å². The summed E-state index contributed by atoms with van der Waals surface area (Å²) in [5.74, 6) is 0.276. The van der Waals surface area contributed by atoms with Crippen LogP contribution in [-0.2, 0) is 11.3 Å². The average Bonchev–Trinajstić information content (AvgIpc) is 3.76. The van der Waals surface area contributed by atoms with Crippen LogP contribution in [0.1, 0.15) is 40.6 Å². The summed E-state index contributed by atoms with van der Waals surface area (Å²) < 4.78 is 7.78. The number of hydrogen-bond acceptors (Lipinski definition) is 10. The van der Waals surface area contributed by atoms with E-state index >= 15 is 0 Å². The average molecular weight is 579 g/mol. The van der Waals surface area contributed by atoms with Crippen LogP contribution in [0.3, 0.4) is 0 Å². The molecule has 0 bridgehead atoms. The van der Waals surface area contributed by atoms with E-state index in [4.69, 9.17) is 4.74 Å². The summed E-state index contributed by atoms with van der Waals surface area (Å²) in [5, 5.41) is 30.7. The van der Waals surface area contributed by atoms with Gasteiger partial charge in [-0.05, 0) is 25.0 Å². The highest BCUT2D eigenvalue weighted by molar-refractivity contribution is 6.00. The first-order chi connectivity index (χ1) is 21.0. The van der Waals surface area contributed by atoms with E-state index < -0.39 is 5.91 Å². The lowest BCUT2D eigenvalue weighted by molar-refractivity contribution is -0.117.